The molecule has 0 fully saturated rings. The van der Waals surface area contributed by atoms with Crippen molar-refractivity contribution in [1.82, 2.24) is 0 Å². The Morgan fingerprint density at radius 2 is 1.67 bits per heavy atom. The first kappa shape index (κ1) is 16.1. The standard InChI is InChI=1S/C3H5.HOSi.Pd/c1-3-2;1-2;/h3H,1-2H2;1H;/q-1;;. The van der Waals surface area contributed by atoms with Crippen LogP contribution in [-0.4, -0.2) is 15.3 Å². The van der Waals surface area contributed by atoms with E-state index in [1.165, 1.54) is 6.08 Å². The largest absolute Gasteiger partial charge is 0.433 e. The molecule has 0 aromatic heterocycles. The van der Waals surface area contributed by atoms with Gasteiger partial charge in [0.25, 0.3) is 0 Å². The van der Waals surface area contributed by atoms with E-state index in [-0.39, 0.29) is 20.4 Å². The summed E-state index contributed by atoms with van der Waals surface area (Å²) >= 11 is 0. The van der Waals surface area contributed by atoms with Gasteiger partial charge >= 0.3 is 0 Å². The van der Waals surface area contributed by atoms with Gasteiger partial charge in [-0.3, -0.25) is 0 Å². The van der Waals surface area contributed by atoms with Crippen LogP contribution in [0.4, 0.5) is 0 Å². The van der Waals surface area contributed by atoms with Crippen molar-refractivity contribution in [1.29, 1.82) is 0 Å². The van der Waals surface area contributed by atoms with Gasteiger partial charge < -0.3 is 4.80 Å². The fourth-order valence-electron chi connectivity index (χ4n) is 0. The van der Waals surface area contributed by atoms with Crippen molar-refractivity contribution < 1.29 is 25.2 Å². The van der Waals surface area contributed by atoms with E-state index < -0.39 is 0 Å². The molecule has 0 amide bonds. The summed E-state index contributed by atoms with van der Waals surface area (Å²) in [6, 6.07) is 0. The first-order valence-electron chi connectivity index (χ1n) is 1.04. The molecule has 39 valence electrons. The summed E-state index contributed by atoms with van der Waals surface area (Å²) < 4.78 is 0. The quantitative estimate of drug-likeness (QED) is 0.425. The Morgan fingerprint density at radius 1 is 1.67 bits per heavy atom. The van der Waals surface area contributed by atoms with Crippen molar-refractivity contribution in [2.45, 2.75) is 0 Å². The maximum Gasteiger partial charge on any atom is 0.240 e. The topological polar surface area (TPSA) is 20.2 Å². The van der Waals surface area contributed by atoms with E-state index in [2.05, 4.69) is 13.5 Å². The van der Waals surface area contributed by atoms with E-state index in [0.29, 0.717) is 0 Å². The van der Waals surface area contributed by atoms with Crippen LogP contribution in [0, 0.1) is 6.92 Å². The Kier molecular flexibility index (Phi) is 138. The molecule has 0 aliphatic carbocycles. The van der Waals surface area contributed by atoms with Crippen molar-refractivity contribution in [2.24, 2.45) is 0 Å². The first-order valence-corrected chi connectivity index (χ1v) is 1.49. The Morgan fingerprint density at radius 3 is 1.67 bits per heavy atom. The molecule has 0 spiro atoms. The molecule has 0 aromatic rings. The molecular formula is C3H6OPdSi-. The van der Waals surface area contributed by atoms with E-state index in [9.17, 15) is 0 Å². The molecule has 0 aromatic carbocycles. The third-order valence-electron chi connectivity index (χ3n) is 0. The Balaban J connectivity index is -0.0000000275. The Hall–Kier alpha value is 0.449. The van der Waals surface area contributed by atoms with Crippen molar-refractivity contribution >= 4 is 10.5 Å². The van der Waals surface area contributed by atoms with Gasteiger partial charge in [0, 0.05) is 20.4 Å². The number of allylic oxidation sites excluding steroid dienone is 1. The number of hydrogen-bond acceptors (Lipinski definition) is 1. The molecule has 0 aliphatic rings. The van der Waals surface area contributed by atoms with Gasteiger partial charge in [0.1, 0.15) is 0 Å². The van der Waals surface area contributed by atoms with Gasteiger partial charge in [-0.1, -0.05) is 0 Å². The van der Waals surface area contributed by atoms with Gasteiger partial charge in [0.15, 0.2) is 0 Å². The smallest absolute Gasteiger partial charge is 0.240 e. The second-order valence-corrected chi connectivity index (χ2v) is 0.289. The van der Waals surface area contributed by atoms with Gasteiger partial charge in [0.2, 0.25) is 10.5 Å². The minimum absolute atomic E-state index is 0. The summed E-state index contributed by atoms with van der Waals surface area (Å²) in [4.78, 5) is 6.81. The second-order valence-electron chi connectivity index (χ2n) is 0.289. The van der Waals surface area contributed by atoms with E-state index in [4.69, 9.17) is 4.80 Å². The maximum absolute atomic E-state index is 6.81. The average Bonchev–Trinajstić information content (AvgIpc) is 1.46. The summed E-state index contributed by atoms with van der Waals surface area (Å²) in [5.41, 5.74) is 0. The third-order valence-corrected chi connectivity index (χ3v) is 0. The molecule has 0 saturated heterocycles. The molecular weight excluding hydrogens is 187 g/mol. The molecule has 3 radical (unpaired) electrons. The van der Waals surface area contributed by atoms with Crippen LogP contribution in [0.25, 0.3) is 0 Å². The normalized spacial score (nSPS) is 3.00. The molecule has 1 N–H and O–H groups in total. The van der Waals surface area contributed by atoms with E-state index in [1.54, 1.807) is 0 Å². The van der Waals surface area contributed by atoms with Crippen molar-refractivity contribution in [3.8, 4) is 0 Å². The summed E-state index contributed by atoms with van der Waals surface area (Å²) in [6.07, 6.45) is 1.50. The molecule has 3 heteroatoms. The molecule has 0 rings (SSSR count). The van der Waals surface area contributed by atoms with Crippen LogP contribution >= 0.6 is 0 Å². The van der Waals surface area contributed by atoms with Crippen LogP contribution in [0.3, 0.4) is 0 Å². The van der Waals surface area contributed by atoms with Crippen LogP contribution in [0.2, 0.25) is 0 Å². The summed E-state index contributed by atoms with van der Waals surface area (Å²) in [5.74, 6) is 0. The zero-order valence-corrected chi connectivity index (χ0v) is 5.81. The van der Waals surface area contributed by atoms with E-state index >= 15 is 0 Å². The van der Waals surface area contributed by atoms with Gasteiger partial charge in [0.05, 0.1) is 0 Å². The van der Waals surface area contributed by atoms with Crippen molar-refractivity contribution in [3.05, 3.63) is 19.6 Å². The molecule has 0 bridgehead atoms. The van der Waals surface area contributed by atoms with Gasteiger partial charge in [-0.15, -0.1) is 0 Å². The SMILES string of the molecule is C=C[CH2-].O[Si].[Pd]. The van der Waals surface area contributed by atoms with Crippen LogP contribution in [0.5, 0.6) is 0 Å². The van der Waals surface area contributed by atoms with E-state index in [0.717, 1.165) is 0 Å². The molecule has 1 nitrogen and oxygen atoms in total. The predicted molar refractivity (Wildman–Crippen MR) is 23.5 cm³/mol. The molecule has 0 atom stereocenters. The molecule has 0 unspecified atom stereocenters. The minimum atomic E-state index is 0. The molecule has 6 heavy (non-hydrogen) atoms. The zero-order chi connectivity index (χ0) is 4.71. The summed E-state index contributed by atoms with van der Waals surface area (Å²) in [6.45, 7) is 6.50. The Bertz CT molecular complexity index is 18.3. The zero-order valence-electron chi connectivity index (χ0n) is 3.26. The second kappa shape index (κ2) is 51.4. The van der Waals surface area contributed by atoms with Gasteiger partial charge in [-0.2, -0.15) is 0 Å². The average molecular weight is 193 g/mol. The van der Waals surface area contributed by atoms with Gasteiger partial charge in [-0.25, -0.2) is 19.6 Å². The number of rotatable bonds is 0. The van der Waals surface area contributed by atoms with Gasteiger partial charge in [-0.05, 0) is 0 Å². The molecule has 0 saturated carbocycles. The van der Waals surface area contributed by atoms with Crippen LogP contribution < -0.4 is 0 Å². The first-order chi connectivity index (χ1) is 2.41. The number of hydrogen-bond donors (Lipinski definition) is 1. The van der Waals surface area contributed by atoms with Crippen molar-refractivity contribution in [3.63, 3.8) is 0 Å². The van der Waals surface area contributed by atoms with Crippen LogP contribution in [0.1, 0.15) is 0 Å². The monoisotopic (exact) mass is 192 g/mol. The predicted octanol–water partition coefficient (Wildman–Crippen LogP) is 0.0662. The van der Waals surface area contributed by atoms with Crippen molar-refractivity contribution in [2.75, 3.05) is 0 Å². The van der Waals surface area contributed by atoms with Crippen LogP contribution in [-0.2, 0) is 20.4 Å². The maximum atomic E-state index is 6.81. The fourth-order valence-corrected chi connectivity index (χ4v) is 0. The van der Waals surface area contributed by atoms with E-state index in [1.807, 2.05) is 10.5 Å². The molecule has 0 heterocycles. The third kappa shape index (κ3) is 262. The fraction of sp³-hybridized carbons (Fsp3) is 0. The minimum Gasteiger partial charge on any atom is -0.433 e. The molecule has 0 aliphatic heterocycles. The van der Waals surface area contributed by atoms with Crippen LogP contribution in [0.15, 0.2) is 12.7 Å². The summed E-state index contributed by atoms with van der Waals surface area (Å²) in [7, 11) is 1.97. The Labute approximate surface area is 55.7 Å². The summed E-state index contributed by atoms with van der Waals surface area (Å²) in [5, 5.41) is 0.